The van der Waals surface area contributed by atoms with Gasteiger partial charge in [0.25, 0.3) is 0 Å². The predicted octanol–water partition coefficient (Wildman–Crippen LogP) is 32.4. The summed E-state index contributed by atoms with van der Waals surface area (Å²) in [5.74, 6) is 0.512. The molecule has 1 atom stereocenters. The lowest BCUT2D eigenvalue weighted by Crippen LogP contribution is -2.21. The van der Waals surface area contributed by atoms with Gasteiger partial charge < -0.3 is 9.80 Å². The van der Waals surface area contributed by atoms with E-state index in [0.29, 0.717) is 5.92 Å². The molecule has 0 amide bonds. The van der Waals surface area contributed by atoms with Crippen LogP contribution >= 0.6 is 0 Å². The van der Waals surface area contributed by atoms with Gasteiger partial charge in [-0.3, -0.25) is 0 Å². The highest BCUT2D eigenvalue weighted by Gasteiger charge is 2.30. The van der Waals surface area contributed by atoms with Gasteiger partial charge in [0, 0.05) is 44.3 Å². The zero-order chi connectivity index (χ0) is 70.8. The molecule has 6 aromatic rings. The van der Waals surface area contributed by atoms with Crippen molar-refractivity contribution in [1.82, 2.24) is 0 Å². The predicted molar refractivity (Wildman–Crippen MR) is 449 cm³/mol. The third-order valence-corrected chi connectivity index (χ3v) is 22.4. The van der Waals surface area contributed by atoms with Gasteiger partial charge in [0.2, 0.25) is 0 Å². The molecule has 2 nitrogen and oxygen atoms in total. The molecule has 0 fully saturated rings. The second kappa shape index (κ2) is 48.8. The fraction of sp³-hybridized carbons (Fsp3) is 0.633. The maximum absolute atomic E-state index is 2.94. The van der Waals surface area contributed by atoms with E-state index < -0.39 is 0 Å². The van der Waals surface area contributed by atoms with Crippen LogP contribution in [0.25, 0.3) is 21.5 Å². The minimum Gasteiger partial charge on any atom is -0.310 e. The van der Waals surface area contributed by atoms with Gasteiger partial charge in [-0.2, -0.15) is 0 Å². The molecule has 0 saturated heterocycles. The quantitative estimate of drug-likeness (QED) is 0.0213. The van der Waals surface area contributed by atoms with Crippen LogP contribution in [0.2, 0.25) is 0 Å². The van der Waals surface area contributed by atoms with Gasteiger partial charge in [0.05, 0.1) is 11.4 Å². The zero-order valence-electron chi connectivity index (χ0n) is 66.8. The Morgan fingerprint density at radius 2 is 0.520 bits per heavy atom. The molecule has 0 aliphatic heterocycles. The molecule has 6 aromatic carbocycles. The molecule has 552 valence electrons. The first-order valence-electron chi connectivity index (χ1n) is 43.6. The number of allylic oxidation sites excluding steroid dienone is 3. The standard InChI is InChI=1S/C98H150N2/c1-11-21-31-41-51-79-61-63-93-95(77-79)97(99(89-69-81(53-43-33-23-13-3)65-82(70-89)54-44-34-24-14-4)90-71-83(55-45-35-25-15-5)66-84(72-90)56-46-36-26-16-6)94-64-62-80(52-42-32-22-12-2)78-96(94)98(93)100(91-73-85(57-47-37-27-17-7)67-86(74-91)58-48-38-28-18-8)92-75-87(59-49-39-29-19-9)68-88(76-92)60-50-40-30-20-10/h61-67,69-78,87H,11-60,68H2,1-10H3. The van der Waals surface area contributed by atoms with E-state index >= 15 is 0 Å². The van der Waals surface area contributed by atoms with E-state index in [1.165, 1.54) is 376 Å². The van der Waals surface area contributed by atoms with E-state index in [9.17, 15) is 0 Å². The van der Waals surface area contributed by atoms with E-state index in [0.717, 1.165) is 51.4 Å². The molecule has 0 heterocycles. The summed E-state index contributed by atoms with van der Waals surface area (Å²) in [6.07, 6.45) is 69.4. The molecule has 0 saturated carbocycles. The number of hydrogen-bond acceptors (Lipinski definition) is 2. The summed E-state index contributed by atoms with van der Waals surface area (Å²) in [5.41, 5.74) is 22.1. The number of benzene rings is 6. The Hall–Kier alpha value is -5.08. The number of hydrogen-bond donors (Lipinski definition) is 0. The molecule has 0 bridgehead atoms. The molecule has 2 heteroatoms. The first-order valence-corrected chi connectivity index (χ1v) is 43.6. The fourth-order valence-corrected chi connectivity index (χ4v) is 16.5. The van der Waals surface area contributed by atoms with Crippen LogP contribution in [-0.4, -0.2) is 0 Å². The monoisotopic (exact) mass is 1360 g/mol. The Morgan fingerprint density at radius 1 is 0.250 bits per heavy atom. The maximum atomic E-state index is 2.94. The molecular weight excluding hydrogens is 1210 g/mol. The lowest BCUT2D eigenvalue weighted by atomic mass is 9.85. The lowest BCUT2D eigenvalue weighted by molar-refractivity contribution is 0.509. The zero-order valence-corrected chi connectivity index (χ0v) is 66.8. The molecule has 1 aliphatic rings. The van der Waals surface area contributed by atoms with Crippen molar-refractivity contribution in [3.05, 3.63) is 159 Å². The molecule has 0 radical (unpaired) electrons. The normalized spacial score (nSPS) is 13.3. The van der Waals surface area contributed by atoms with E-state index in [1.54, 1.807) is 5.57 Å². The van der Waals surface area contributed by atoms with Crippen LogP contribution in [0, 0.1) is 5.92 Å². The van der Waals surface area contributed by atoms with Crippen LogP contribution in [0.1, 0.15) is 390 Å². The molecular formula is C98H150N2. The minimum atomic E-state index is 0.512. The van der Waals surface area contributed by atoms with Crippen molar-refractivity contribution in [3.8, 4) is 0 Å². The van der Waals surface area contributed by atoms with E-state index in [4.69, 9.17) is 0 Å². The van der Waals surface area contributed by atoms with Gasteiger partial charge in [-0.1, -0.05) is 322 Å². The Balaban J connectivity index is 1.71. The molecule has 1 unspecified atom stereocenters. The first-order chi connectivity index (χ1) is 49.2. The van der Waals surface area contributed by atoms with Crippen molar-refractivity contribution in [2.24, 2.45) is 5.92 Å². The number of aryl methyl sites for hydroxylation is 8. The average Bonchev–Trinajstić information content (AvgIpc) is 0.718. The Morgan fingerprint density at radius 3 is 0.830 bits per heavy atom. The largest absolute Gasteiger partial charge is 0.310 e. The van der Waals surface area contributed by atoms with Crippen LogP contribution in [-0.2, 0) is 51.4 Å². The van der Waals surface area contributed by atoms with Crippen LogP contribution < -0.4 is 9.80 Å². The Bertz CT molecular complexity index is 3110. The summed E-state index contributed by atoms with van der Waals surface area (Å²) in [6.45, 7) is 23.7. The second-order valence-electron chi connectivity index (χ2n) is 31.7. The van der Waals surface area contributed by atoms with Crippen LogP contribution in [0.4, 0.5) is 28.4 Å². The number of unbranched alkanes of at least 4 members (excludes halogenated alkanes) is 30. The number of anilines is 5. The van der Waals surface area contributed by atoms with Crippen LogP contribution in [0.3, 0.4) is 0 Å². The van der Waals surface area contributed by atoms with E-state index in [2.05, 4.69) is 182 Å². The van der Waals surface area contributed by atoms with Gasteiger partial charge in [-0.15, -0.1) is 0 Å². The summed E-state index contributed by atoms with van der Waals surface area (Å²) in [5, 5.41) is 5.64. The topological polar surface area (TPSA) is 6.48 Å². The summed E-state index contributed by atoms with van der Waals surface area (Å²) in [7, 11) is 0. The van der Waals surface area contributed by atoms with Crippen molar-refractivity contribution in [2.75, 3.05) is 9.80 Å². The smallest absolute Gasteiger partial charge is 0.0620 e. The molecule has 1 aliphatic carbocycles. The first kappa shape index (κ1) is 82.2. The fourth-order valence-electron chi connectivity index (χ4n) is 16.5. The highest BCUT2D eigenvalue weighted by atomic mass is 15.2. The lowest BCUT2D eigenvalue weighted by Gasteiger charge is -2.36. The molecule has 100 heavy (non-hydrogen) atoms. The Labute approximate surface area is 617 Å². The van der Waals surface area contributed by atoms with Gasteiger partial charge in [0.1, 0.15) is 0 Å². The van der Waals surface area contributed by atoms with Crippen molar-refractivity contribution in [2.45, 2.75) is 397 Å². The summed E-state index contributed by atoms with van der Waals surface area (Å²) in [6, 6.07) is 40.2. The van der Waals surface area contributed by atoms with Crippen molar-refractivity contribution < 1.29 is 0 Å². The van der Waals surface area contributed by atoms with E-state index in [-0.39, 0.29) is 0 Å². The highest BCUT2D eigenvalue weighted by molar-refractivity contribution is 6.23. The third kappa shape index (κ3) is 27.5. The van der Waals surface area contributed by atoms with Gasteiger partial charge >= 0.3 is 0 Å². The average molecular weight is 1360 g/mol. The van der Waals surface area contributed by atoms with Crippen molar-refractivity contribution in [3.63, 3.8) is 0 Å². The SMILES string of the molecule is CCCCCCC1=CC(N(c2cc(CCCCCC)cc(CCCCCC)c2)c2c3cc(CCCCCC)ccc3c(N(c3cc(CCCCCC)cc(CCCCCC)c3)c3cc(CCCCCC)cc(CCCCCC)c3)c3cc(CCCCCC)ccc23)=CC(CCCCCC)C1. The maximum Gasteiger partial charge on any atom is 0.0620 e. The van der Waals surface area contributed by atoms with Gasteiger partial charge in [0.15, 0.2) is 0 Å². The molecule has 0 spiro atoms. The molecule has 0 N–H and O–H groups in total. The third-order valence-electron chi connectivity index (χ3n) is 22.4. The molecule has 7 rings (SSSR count). The number of rotatable bonds is 56. The van der Waals surface area contributed by atoms with Crippen LogP contribution in [0.5, 0.6) is 0 Å². The summed E-state index contributed by atoms with van der Waals surface area (Å²) in [4.78, 5) is 5.84. The Kier molecular flexibility index (Phi) is 40.1. The van der Waals surface area contributed by atoms with Crippen molar-refractivity contribution in [1.29, 1.82) is 0 Å². The number of nitrogens with zero attached hydrogens (tertiary/aromatic N) is 2. The minimum absolute atomic E-state index is 0.512. The van der Waals surface area contributed by atoms with Gasteiger partial charge in [-0.05, 0) is 233 Å². The molecule has 0 aromatic heterocycles. The second-order valence-corrected chi connectivity index (χ2v) is 31.7. The highest BCUT2D eigenvalue weighted by Crippen LogP contribution is 2.53. The van der Waals surface area contributed by atoms with Gasteiger partial charge in [-0.25, -0.2) is 0 Å². The summed E-state index contributed by atoms with van der Waals surface area (Å²) < 4.78 is 0. The van der Waals surface area contributed by atoms with Crippen LogP contribution in [0.15, 0.2) is 114 Å². The van der Waals surface area contributed by atoms with Crippen molar-refractivity contribution >= 4 is 50.0 Å². The summed E-state index contributed by atoms with van der Waals surface area (Å²) >= 11 is 0. The van der Waals surface area contributed by atoms with E-state index in [1.807, 2.05) is 0 Å². The number of fused-ring (bicyclic) bond motifs is 2.